The maximum Gasteiger partial charge on any atom is 0.0713 e. The van der Waals surface area contributed by atoms with Gasteiger partial charge in [0.15, 0.2) is 0 Å². The zero-order valence-corrected chi connectivity index (χ0v) is 10.7. The molecule has 17 heavy (non-hydrogen) atoms. The molecule has 0 radical (unpaired) electrons. The number of ether oxygens (including phenoxy) is 1. The van der Waals surface area contributed by atoms with E-state index in [1.165, 1.54) is 43.4 Å². The lowest BCUT2D eigenvalue weighted by Gasteiger charge is -2.10. The Labute approximate surface area is 104 Å². The first-order chi connectivity index (χ1) is 8.38. The summed E-state index contributed by atoms with van der Waals surface area (Å²) in [6.45, 7) is 2.87. The molecule has 1 aliphatic carbocycles. The van der Waals surface area contributed by atoms with Crippen LogP contribution in [0.4, 0.5) is 0 Å². The molecule has 0 bridgehead atoms. The molecular formula is C15H23NO. The van der Waals surface area contributed by atoms with Crippen LogP contribution in [0.3, 0.4) is 0 Å². The summed E-state index contributed by atoms with van der Waals surface area (Å²) in [6.07, 6.45) is 5.69. The Hall–Kier alpha value is -0.860. The SMILES string of the molecule is COCc1ccc(CNCC2CCCC2)cc1. The topological polar surface area (TPSA) is 21.3 Å². The van der Waals surface area contributed by atoms with Crippen molar-refractivity contribution in [2.75, 3.05) is 13.7 Å². The van der Waals surface area contributed by atoms with Crippen molar-refractivity contribution in [3.8, 4) is 0 Å². The fourth-order valence-electron chi connectivity index (χ4n) is 2.56. The van der Waals surface area contributed by atoms with Crippen molar-refractivity contribution in [2.45, 2.75) is 38.8 Å². The normalized spacial score (nSPS) is 16.5. The molecular weight excluding hydrogens is 210 g/mol. The second-order valence-electron chi connectivity index (χ2n) is 5.03. The molecule has 0 spiro atoms. The molecule has 0 unspecified atom stereocenters. The Morgan fingerprint density at radius 2 is 1.76 bits per heavy atom. The predicted molar refractivity (Wildman–Crippen MR) is 70.8 cm³/mol. The molecule has 1 aliphatic rings. The maximum absolute atomic E-state index is 5.10. The third-order valence-corrected chi connectivity index (χ3v) is 3.57. The van der Waals surface area contributed by atoms with Gasteiger partial charge in [-0.05, 0) is 36.4 Å². The van der Waals surface area contributed by atoms with E-state index >= 15 is 0 Å². The van der Waals surface area contributed by atoms with Crippen LogP contribution < -0.4 is 5.32 Å². The lowest BCUT2D eigenvalue weighted by Crippen LogP contribution is -2.20. The lowest BCUT2D eigenvalue weighted by atomic mass is 10.1. The minimum atomic E-state index is 0.704. The van der Waals surface area contributed by atoms with E-state index in [4.69, 9.17) is 4.74 Å². The number of nitrogens with one attached hydrogen (secondary N) is 1. The van der Waals surface area contributed by atoms with Crippen molar-refractivity contribution in [2.24, 2.45) is 5.92 Å². The van der Waals surface area contributed by atoms with Gasteiger partial charge >= 0.3 is 0 Å². The lowest BCUT2D eigenvalue weighted by molar-refractivity contribution is 0.185. The first-order valence-electron chi connectivity index (χ1n) is 6.66. The molecule has 1 fully saturated rings. The standard InChI is InChI=1S/C15H23NO/c1-17-12-15-8-6-14(7-9-15)11-16-10-13-4-2-3-5-13/h6-9,13,16H,2-5,10-12H2,1H3. The van der Waals surface area contributed by atoms with E-state index in [1.54, 1.807) is 7.11 Å². The van der Waals surface area contributed by atoms with Crippen LogP contribution in [0.15, 0.2) is 24.3 Å². The monoisotopic (exact) mass is 233 g/mol. The Bertz CT molecular complexity index is 314. The molecule has 1 saturated carbocycles. The average molecular weight is 233 g/mol. The van der Waals surface area contributed by atoms with E-state index in [2.05, 4.69) is 29.6 Å². The highest BCUT2D eigenvalue weighted by molar-refractivity contribution is 5.21. The molecule has 2 rings (SSSR count). The van der Waals surface area contributed by atoms with E-state index in [0.29, 0.717) is 6.61 Å². The summed E-state index contributed by atoms with van der Waals surface area (Å²) >= 11 is 0. The van der Waals surface area contributed by atoms with Crippen LogP contribution in [0.5, 0.6) is 0 Å². The zero-order valence-electron chi connectivity index (χ0n) is 10.7. The van der Waals surface area contributed by atoms with E-state index < -0.39 is 0 Å². The maximum atomic E-state index is 5.10. The molecule has 0 aromatic heterocycles. The van der Waals surface area contributed by atoms with Gasteiger partial charge in [-0.25, -0.2) is 0 Å². The van der Waals surface area contributed by atoms with Gasteiger partial charge in [-0.3, -0.25) is 0 Å². The summed E-state index contributed by atoms with van der Waals surface area (Å²) < 4.78 is 5.10. The first kappa shape index (κ1) is 12.6. The number of benzene rings is 1. The van der Waals surface area contributed by atoms with Gasteiger partial charge in [-0.1, -0.05) is 37.1 Å². The second-order valence-corrected chi connectivity index (χ2v) is 5.03. The quantitative estimate of drug-likeness (QED) is 0.815. The van der Waals surface area contributed by atoms with Gasteiger partial charge < -0.3 is 10.1 Å². The van der Waals surface area contributed by atoms with Crippen molar-refractivity contribution >= 4 is 0 Å². The molecule has 1 aromatic rings. The molecule has 94 valence electrons. The Kier molecular flexibility index (Phi) is 5.02. The van der Waals surface area contributed by atoms with Crippen molar-refractivity contribution in [3.63, 3.8) is 0 Å². The van der Waals surface area contributed by atoms with Crippen molar-refractivity contribution in [3.05, 3.63) is 35.4 Å². The molecule has 2 heteroatoms. The largest absolute Gasteiger partial charge is 0.380 e. The van der Waals surface area contributed by atoms with Crippen LogP contribution in [-0.4, -0.2) is 13.7 Å². The van der Waals surface area contributed by atoms with Gasteiger partial charge in [0.25, 0.3) is 0 Å². The minimum absolute atomic E-state index is 0.704. The number of rotatable bonds is 6. The van der Waals surface area contributed by atoms with Gasteiger partial charge in [-0.2, -0.15) is 0 Å². The van der Waals surface area contributed by atoms with E-state index in [0.717, 1.165) is 12.5 Å². The third kappa shape index (κ3) is 4.14. The Morgan fingerprint density at radius 3 is 2.41 bits per heavy atom. The molecule has 0 atom stereocenters. The van der Waals surface area contributed by atoms with Gasteiger partial charge in [-0.15, -0.1) is 0 Å². The Balaban J connectivity index is 1.70. The predicted octanol–water partition coefficient (Wildman–Crippen LogP) is 3.11. The average Bonchev–Trinajstić information content (AvgIpc) is 2.85. The first-order valence-corrected chi connectivity index (χ1v) is 6.66. The smallest absolute Gasteiger partial charge is 0.0713 e. The number of hydrogen-bond donors (Lipinski definition) is 1. The van der Waals surface area contributed by atoms with Gasteiger partial charge in [0.2, 0.25) is 0 Å². The summed E-state index contributed by atoms with van der Waals surface area (Å²) in [5, 5.41) is 3.56. The fourth-order valence-corrected chi connectivity index (χ4v) is 2.56. The molecule has 0 amide bonds. The van der Waals surface area contributed by atoms with Crippen molar-refractivity contribution in [1.82, 2.24) is 5.32 Å². The fraction of sp³-hybridized carbons (Fsp3) is 0.600. The van der Waals surface area contributed by atoms with Crippen LogP contribution in [0, 0.1) is 5.92 Å². The van der Waals surface area contributed by atoms with E-state index in [1.807, 2.05) is 0 Å². The van der Waals surface area contributed by atoms with Gasteiger partial charge in [0.1, 0.15) is 0 Å². The van der Waals surface area contributed by atoms with Crippen molar-refractivity contribution < 1.29 is 4.74 Å². The highest BCUT2D eigenvalue weighted by Crippen LogP contribution is 2.23. The Morgan fingerprint density at radius 1 is 1.12 bits per heavy atom. The number of methoxy groups -OCH3 is 1. The third-order valence-electron chi connectivity index (χ3n) is 3.57. The summed E-state index contributed by atoms with van der Waals surface area (Å²) in [5.41, 5.74) is 2.61. The van der Waals surface area contributed by atoms with Gasteiger partial charge in [0.05, 0.1) is 6.61 Å². The van der Waals surface area contributed by atoms with E-state index in [9.17, 15) is 0 Å². The molecule has 0 heterocycles. The van der Waals surface area contributed by atoms with Crippen LogP contribution >= 0.6 is 0 Å². The van der Waals surface area contributed by atoms with Gasteiger partial charge in [0, 0.05) is 13.7 Å². The minimum Gasteiger partial charge on any atom is -0.380 e. The molecule has 1 N–H and O–H groups in total. The van der Waals surface area contributed by atoms with Crippen LogP contribution in [0.1, 0.15) is 36.8 Å². The second kappa shape index (κ2) is 6.77. The van der Waals surface area contributed by atoms with Crippen LogP contribution in [0.25, 0.3) is 0 Å². The van der Waals surface area contributed by atoms with Crippen LogP contribution in [0.2, 0.25) is 0 Å². The van der Waals surface area contributed by atoms with E-state index in [-0.39, 0.29) is 0 Å². The summed E-state index contributed by atoms with van der Waals surface area (Å²) in [7, 11) is 1.73. The molecule has 0 aliphatic heterocycles. The highest BCUT2D eigenvalue weighted by atomic mass is 16.5. The summed E-state index contributed by atoms with van der Waals surface area (Å²) in [5.74, 6) is 0.919. The summed E-state index contributed by atoms with van der Waals surface area (Å²) in [6, 6.07) is 8.68. The number of hydrogen-bond acceptors (Lipinski definition) is 2. The molecule has 0 saturated heterocycles. The zero-order chi connectivity index (χ0) is 11.9. The molecule has 1 aromatic carbocycles. The summed E-state index contributed by atoms with van der Waals surface area (Å²) in [4.78, 5) is 0. The highest BCUT2D eigenvalue weighted by Gasteiger charge is 2.13. The van der Waals surface area contributed by atoms with Crippen molar-refractivity contribution in [1.29, 1.82) is 0 Å². The van der Waals surface area contributed by atoms with Crippen LogP contribution in [-0.2, 0) is 17.9 Å². The molecule has 2 nitrogen and oxygen atoms in total.